The predicted molar refractivity (Wildman–Crippen MR) is 124 cm³/mol. The summed E-state index contributed by atoms with van der Waals surface area (Å²) in [7, 11) is 1.59. The largest absolute Gasteiger partial charge is 0.497 e. The van der Waals surface area contributed by atoms with Crippen LogP contribution in [0.3, 0.4) is 0 Å². The van der Waals surface area contributed by atoms with Crippen LogP contribution in [0.2, 0.25) is 0 Å². The zero-order valence-electron chi connectivity index (χ0n) is 16.9. The quantitative estimate of drug-likeness (QED) is 0.343. The highest BCUT2D eigenvalue weighted by molar-refractivity contribution is 7.80. The van der Waals surface area contributed by atoms with Crippen molar-refractivity contribution in [2.24, 2.45) is 0 Å². The molecule has 1 saturated heterocycles. The average molecular weight is 429 g/mol. The monoisotopic (exact) mass is 428 g/mol. The number of anilines is 1. The third kappa shape index (κ3) is 4.25. The molecule has 3 aromatic carbocycles. The summed E-state index contributed by atoms with van der Waals surface area (Å²) in [6.45, 7) is 0.273. The van der Waals surface area contributed by atoms with E-state index in [2.05, 4.69) is 0 Å². The van der Waals surface area contributed by atoms with Crippen LogP contribution in [0.25, 0.3) is 6.08 Å². The number of nitrogens with zero attached hydrogens (tertiary/aromatic N) is 2. The average Bonchev–Trinajstić information content (AvgIpc) is 2.81. The van der Waals surface area contributed by atoms with Crippen LogP contribution >= 0.6 is 12.2 Å². The fourth-order valence-corrected chi connectivity index (χ4v) is 3.69. The lowest BCUT2D eigenvalue weighted by Gasteiger charge is -2.36. The second kappa shape index (κ2) is 8.93. The van der Waals surface area contributed by atoms with Crippen LogP contribution in [0.15, 0.2) is 90.5 Å². The number of thiocarbonyl (C=S) groups is 1. The van der Waals surface area contributed by atoms with E-state index in [9.17, 15) is 9.59 Å². The molecule has 0 aliphatic carbocycles. The third-order valence-corrected chi connectivity index (χ3v) is 5.36. The van der Waals surface area contributed by atoms with Crippen LogP contribution in [0.5, 0.6) is 5.75 Å². The van der Waals surface area contributed by atoms with Crippen molar-refractivity contribution in [3.63, 3.8) is 0 Å². The Balaban J connectivity index is 1.77. The number of carbonyl (C=O) groups is 2. The van der Waals surface area contributed by atoms with Gasteiger partial charge < -0.3 is 4.74 Å². The first-order valence-electron chi connectivity index (χ1n) is 9.73. The number of rotatable bonds is 5. The lowest BCUT2D eigenvalue weighted by molar-refractivity contribution is -0.128. The lowest BCUT2D eigenvalue weighted by atomic mass is 10.0. The number of para-hydroxylation sites is 1. The first-order chi connectivity index (χ1) is 15.1. The van der Waals surface area contributed by atoms with Gasteiger partial charge in [0.2, 0.25) is 0 Å². The Morgan fingerprint density at radius 2 is 1.45 bits per heavy atom. The number of benzene rings is 3. The van der Waals surface area contributed by atoms with Gasteiger partial charge in [-0.3, -0.25) is 19.4 Å². The molecule has 1 heterocycles. The molecule has 1 fully saturated rings. The molecule has 0 spiro atoms. The van der Waals surface area contributed by atoms with Gasteiger partial charge in [-0.2, -0.15) is 0 Å². The number of ether oxygens (including phenoxy) is 1. The highest BCUT2D eigenvalue weighted by Gasteiger charge is 2.40. The maximum atomic E-state index is 13.4. The molecule has 2 amide bonds. The first kappa shape index (κ1) is 20.5. The van der Waals surface area contributed by atoms with Crippen LogP contribution in [-0.2, 0) is 16.1 Å². The normalized spacial score (nSPS) is 15.5. The minimum absolute atomic E-state index is 0.0542. The Bertz CT molecular complexity index is 1140. The molecular weight excluding hydrogens is 408 g/mol. The first-order valence-corrected chi connectivity index (χ1v) is 10.1. The maximum Gasteiger partial charge on any atom is 0.270 e. The Hall–Kier alpha value is -3.77. The zero-order chi connectivity index (χ0) is 21.8. The molecule has 4 rings (SSSR count). The third-order valence-electron chi connectivity index (χ3n) is 4.96. The van der Waals surface area contributed by atoms with E-state index in [0.29, 0.717) is 11.4 Å². The van der Waals surface area contributed by atoms with Crippen LogP contribution in [0.4, 0.5) is 5.69 Å². The van der Waals surface area contributed by atoms with Crippen molar-refractivity contribution in [3.8, 4) is 5.75 Å². The van der Waals surface area contributed by atoms with Crippen LogP contribution < -0.4 is 9.64 Å². The Labute approximate surface area is 186 Å². The molecule has 0 saturated carbocycles. The lowest BCUT2D eigenvalue weighted by Crippen LogP contribution is -2.56. The van der Waals surface area contributed by atoms with Gasteiger partial charge in [0.15, 0.2) is 5.11 Å². The van der Waals surface area contributed by atoms with Gasteiger partial charge in [0.25, 0.3) is 11.8 Å². The molecule has 0 radical (unpaired) electrons. The molecule has 0 atom stereocenters. The van der Waals surface area contributed by atoms with E-state index in [1.807, 2.05) is 48.5 Å². The van der Waals surface area contributed by atoms with E-state index in [0.717, 1.165) is 11.1 Å². The topological polar surface area (TPSA) is 49.9 Å². The highest BCUT2D eigenvalue weighted by atomic mass is 32.1. The number of hydrogen-bond acceptors (Lipinski definition) is 4. The molecule has 154 valence electrons. The van der Waals surface area contributed by atoms with E-state index in [4.69, 9.17) is 17.0 Å². The Morgan fingerprint density at radius 3 is 2.06 bits per heavy atom. The fraction of sp³-hybridized carbons (Fsp3) is 0.0800. The smallest absolute Gasteiger partial charge is 0.270 e. The molecule has 0 bridgehead atoms. The van der Waals surface area contributed by atoms with Gasteiger partial charge in [0.1, 0.15) is 11.3 Å². The molecule has 1 aliphatic heterocycles. The maximum absolute atomic E-state index is 13.4. The summed E-state index contributed by atoms with van der Waals surface area (Å²) in [6.07, 6.45) is 1.60. The fourth-order valence-electron chi connectivity index (χ4n) is 3.35. The van der Waals surface area contributed by atoms with Crippen molar-refractivity contribution < 1.29 is 14.3 Å². The van der Waals surface area contributed by atoms with Crippen LogP contribution in [0.1, 0.15) is 11.1 Å². The molecule has 0 aromatic heterocycles. The van der Waals surface area contributed by atoms with Crippen LogP contribution in [0, 0.1) is 0 Å². The molecule has 1 aliphatic rings. The second-order valence-electron chi connectivity index (χ2n) is 6.97. The van der Waals surface area contributed by atoms with E-state index < -0.39 is 11.8 Å². The Kier molecular flexibility index (Phi) is 5.91. The summed E-state index contributed by atoms with van der Waals surface area (Å²) < 4.78 is 5.19. The van der Waals surface area contributed by atoms with Gasteiger partial charge in [-0.05, 0) is 53.7 Å². The summed E-state index contributed by atoms with van der Waals surface area (Å²) in [5, 5.41) is 0.164. The summed E-state index contributed by atoms with van der Waals surface area (Å²) in [5.41, 5.74) is 2.31. The zero-order valence-corrected chi connectivity index (χ0v) is 17.7. The summed E-state index contributed by atoms with van der Waals surface area (Å²) in [5.74, 6) is -0.163. The van der Waals surface area contributed by atoms with E-state index in [1.165, 1.54) is 9.80 Å². The number of hydrogen-bond donors (Lipinski definition) is 0. The van der Waals surface area contributed by atoms with Gasteiger partial charge in [-0.1, -0.05) is 60.7 Å². The van der Waals surface area contributed by atoms with E-state index in [-0.39, 0.29) is 17.2 Å². The van der Waals surface area contributed by atoms with E-state index >= 15 is 0 Å². The van der Waals surface area contributed by atoms with Gasteiger partial charge in [0, 0.05) is 0 Å². The van der Waals surface area contributed by atoms with Crippen molar-refractivity contribution in [2.45, 2.75) is 6.54 Å². The van der Waals surface area contributed by atoms with E-state index in [1.54, 1.807) is 49.6 Å². The SMILES string of the molecule is COc1ccc(/C=C2\C(=O)N(Cc3ccccc3)C(=S)N(c3ccccc3)C2=O)cc1. The van der Waals surface area contributed by atoms with Crippen molar-refractivity contribution in [1.82, 2.24) is 4.90 Å². The summed E-state index contributed by atoms with van der Waals surface area (Å²) in [6, 6.07) is 25.8. The van der Waals surface area contributed by atoms with Gasteiger partial charge in [-0.15, -0.1) is 0 Å². The number of carbonyl (C=O) groups excluding carboxylic acids is 2. The Morgan fingerprint density at radius 1 is 0.839 bits per heavy atom. The standard InChI is InChI=1S/C25H20N2O3S/c1-30-21-14-12-18(13-15-21)16-22-23(28)26(17-19-8-4-2-5-9-19)25(31)27(24(22)29)20-10-6-3-7-11-20/h2-16H,17H2,1H3/b22-16+. The molecule has 3 aromatic rings. The van der Waals surface area contributed by atoms with Crippen molar-refractivity contribution in [1.29, 1.82) is 0 Å². The van der Waals surface area contributed by atoms with Crippen molar-refractivity contribution in [3.05, 3.63) is 102 Å². The molecule has 6 heteroatoms. The number of amides is 2. The van der Waals surface area contributed by atoms with Crippen molar-refractivity contribution in [2.75, 3.05) is 12.0 Å². The number of methoxy groups -OCH3 is 1. The van der Waals surface area contributed by atoms with Crippen molar-refractivity contribution >= 4 is 40.9 Å². The van der Waals surface area contributed by atoms with Gasteiger partial charge in [0.05, 0.1) is 19.3 Å². The molecule has 5 nitrogen and oxygen atoms in total. The molecule has 31 heavy (non-hydrogen) atoms. The molecular formula is C25H20N2O3S. The van der Waals surface area contributed by atoms with Crippen LogP contribution in [-0.4, -0.2) is 28.9 Å². The minimum Gasteiger partial charge on any atom is -0.497 e. The minimum atomic E-state index is -0.443. The summed E-state index contributed by atoms with van der Waals surface area (Å²) >= 11 is 5.60. The summed E-state index contributed by atoms with van der Waals surface area (Å²) in [4.78, 5) is 29.6. The van der Waals surface area contributed by atoms with Gasteiger partial charge in [-0.25, -0.2) is 0 Å². The predicted octanol–water partition coefficient (Wildman–Crippen LogP) is 4.44. The van der Waals surface area contributed by atoms with Gasteiger partial charge >= 0.3 is 0 Å². The second-order valence-corrected chi connectivity index (χ2v) is 7.33. The highest BCUT2D eigenvalue weighted by Crippen LogP contribution is 2.27. The molecule has 0 N–H and O–H groups in total. The molecule has 0 unspecified atom stereocenters.